The van der Waals surface area contributed by atoms with E-state index in [1.807, 2.05) is 49.4 Å². The van der Waals surface area contributed by atoms with Crippen LogP contribution in [-0.4, -0.2) is 89.4 Å². The Morgan fingerprint density at radius 3 is 2.44 bits per heavy atom. The molecule has 43 heavy (non-hydrogen) atoms. The Balaban J connectivity index is 1.59. The topological polar surface area (TPSA) is 91.1 Å². The van der Waals surface area contributed by atoms with E-state index in [0.29, 0.717) is 45.0 Å². The first-order valence-electron chi connectivity index (χ1n) is 15.5. The zero-order chi connectivity index (χ0) is 31.7. The number of amides is 2. The van der Waals surface area contributed by atoms with E-state index in [-0.39, 0.29) is 17.9 Å². The number of rotatable bonds is 11. The second-order valence-electron chi connectivity index (χ2n) is 14.4. The second-order valence-corrected chi connectivity index (χ2v) is 20.0. The molecular weight excluding hydrogens is 572 g/mol. The van der Waals surface area contributed by atoms with Gasteiger partial charge in [-0.3, -0.25) is 9.69 Å². The first-order chi connectivity index (χ1) is 20.1. The van der Waals surface area contributed by atoms with E-state index in [1.54, 1.807) is 6.20 Å². The first kappa shape index (κ1) is 33.2. The third kappa shape index (κ3) is 7.50. The number of aromatic nitrogens is 2. The molecule has 0 aromatic carbocycles. The Hall–Kier alpha value is -2.73. The van der Waals surface area contributed by atoms with Crippen molar-refractivity contribution in [1.29, 1.82) is 0 Å². The molecule has 0 radical (unpaired) electrons. The Labute approximate surface area is 255 Å². The van der Waals surface area contributed by atoms with Gasteiger partial charge in [0.25, 0.3) is 12.3 Å². The molecule has 0 bridgehead atoms. The highest BCUT2D eigenvalue weighted by Crippen LogP contribution is 2.43. The zero-order valence-electron chi connectivity index (χ0n) is 26.8. The monoisotopic (exact) mass is 621 g/mol. The van der Waals surface area contributed by atoms with Gasteiger partial charge in [0.1, 0.15) is 12.4 Å². The molecule has 0 spiro atoms. The van der Waals surface area contributed by atoms with Gasteiger partial charge in [-0.05, 0) is 56.1 Å². The van der Waals surface area contributed by atoms with Crippen LogP contribution in [0.5, 0.6) is 0 Å². The molecule has 1 atom stereocenters. The molecule has 1 saturated carbocycles. The van der Waals surface area contributed by atoms with Crippen LogP contribution in [0.1, 0.15) is 63.7 Å². The average molecular weight is 622 g/mol. The molecule has 1 N–H and O–H groups in total. The molecule has 240 valence electrons. The van der Waals surface area contributed by atoms with Gasteiger partial charge < -0.3 is 24.2 Å². The van der Waals surface area contributed by atoms with Gasteiger partial charge in [0.2, 0.25) is 0 Å². The lowest BCUT2D eigenvalue weighted by Gasteiger charge is -2.48. The van der Waals surface area contributed by atoms with E-state index in [9.17, 15) is 23.5 Å². The second kappa shape index (κ2) is 13.1. The summed E-state index contributed by atoms with van der Waals surface area (Å²) in [5.74, 6) is -0.0704. The number of halogens is 2. The minimum Gasteiger partial charge on any atom is -0.465 e. The third-order valence-electron chi connectivity index (χ3n) is 8.93. The molecule has 0 saturated heterocycles. The predicted molar refractivity (Wildman–Crippen MR) is 168 cm³/mol. The van der Waals surface area contributed by atoms with Crippen molar-refractivity contribution in [1.82, 2.24) is 19.4 Å². The quantitative estimate of drug-likeness (QED) is 0.219. The lowest BCUT2D eigenvalue weighted by molar-refractivity contribution is 0.00149. The molecule has 9 nitrogen and oxygen atoms in total. The van der Waals surface area contributed by atoms with Gasteiger partial charge in [-0.15, -0.1) is 0 Å². The molecule has 2 amide bonds. The number of carbonyl (C=O) groups is 2. The molecule has 2 aromatic heterocycles. The number of carboxylic acid groups (broad SMARTS) is 1. The Morgan fingerprint density at radius 2 is 1.88 bits per heavy atom. The largest absolute Gasteiger partial charge is 0.465 e. The van der Waals surface area contributed by atoms with Crippen molar-refractivity contribution in [2.45, 2.75) is 104 Å². The fraction of sp³-hybridized carbons (Fsp3) is 0.710. The van der Waals surface area contributed by atoms with Crippen LogP contribution in [0.15, 0.2) is 18.5 Å². The summed E-state index contributed by atoms with van der Waals surface area (Å²) in [6.45, 7) is 16.1. The maximum Gasteiger partial charge on any atom is 0.407 e. The van der Waals surface area contributed by atoms with E-state index in [2.05, 4.69) is 24.5 Å². The molecule has 1 aliphatic heterocycles. The summed E-state index contributed by atoms with van der Waals surface area (Å²) in [5, 5.41) is 10.8. The number of hydrogen-bond acceptors (Lipinski definition) is 5. The molecule has 1 fully saturated rings. The van der Waals surface area contributed by atoms with E-state index >= 15 is 0 Å². The minimum atomic E-state index is -2.73. The van der Waals surface area contributed by atoms with Gasteiger partial charge >= 0.3 is 6.09 Å². The molecule has 4 rings (SSSR count). The lowest BCUT2D eigenvalue weighted by Crippen LogP contribution is -2.55. The standard InChI is InChI=1S/C31H49F2N5O4Si/c1-8-35-19-38(22-11-9-21(10-12-22)27(31(2,3)4)37(30(40)41)18-25(32)33)26-23-13-14-36(20-42-15-16-43(5,6)7)28(23)34-17-24(26)29(35)39/h13-14,17,21-22,25,27H,8-12,15-16,18-20H2,1-7H3,(H,40,41). The van der Waals surface area contributed by atoms with Gasteiger partial charge in [0, 0.05) is 51.1 Å². The molecule has 12 heteroatoms. The van der Waals surface area contributed by atoms with Gasteiger partial charge in [-0.25, -0.2) is 18.6 Å². The van der Waals surface area contributed by atoms with Crippen LogP contribution in [-0.2, 0) is 11.5 Å². The van der Waals surface area contributed by atoms with Crippen LogP contribution in [0, 0.1) is 11.3 Å². The highest BCUT2D eigenvalue weighted by molar-refractivity contribution is 6.76. The van der Waals surface area contributed by atoms with Crippen LogP contribution in [0.3, 0.4) is 0 Å². The number of alkyl halides is 2. The van der Waals surface area contributed by atoms with Gasteiger partial charge in [-0.2, -0.15) is 0 Å². The Bertz CT molecular complexity index is 1280. The van der Waals surface area contributed by atoms with Crippen molar-refractivity contribution in [3.63, 3.8) is 0 Å². The fourth-order valence-corrected chi connectivity index (χ4v) is 7.64. The summed E-state index contributed by atoms with van der Waals surface area (Å²) < 4.78 is 34.8. The van der Waals surface area contributed by atoms with Crippen LogP contribution < -0.4 is 4.90 Å². The molecule has 2 aliphatic rings. The maximum absolute atomic E-state index is 13.4. The number of hydrogen-bond donors (Lipinski definition) is 1. The summed E-state index contributed by atoms with van der Waals surface area (Å²) in [6, 6.07) is 2.69. The first-order valence-corrected chi connectivity index (χ1v) is 19.2. The summed E-state index contributed by atoms with van der Waals surface area (Å²) >= 11 is 0. The van der Waals surface area contributed by atoms with Crippen molar-refractivity contribution in [2.24, 2.45) is 11.3 Å². The van der Waals surface area contributed by atoms with Crippen molar-refractivity contribution >= 4 is 36.8 Å². The van der Waals surface area contributed by atoms with Gasteiger partial charge in [0.15, 0.2) is 0 Å². The van der Waals surface area contributed by atoms with Crippen molar-refractivity contribution < 1.29 is 28.2 Å². The fourth-order valence-electron chi connectivity index (χ4n) is 6.88. The smallest absolute Gasteiger partial charge is 0.407 e. The van der Waals surface area contributed by atoms with Crippen LogP contribution >= 0.6 is 0 Å². The lowest BCUT2D eigenvalue weighted by atomic mass is 9.71. The summed E-state index contributed by atoms with van der Waals surface area (Å²) in [5.41, 5.74) is 1.76. The molecule has 1 aliphatic carbocycles. The van der Waals surface area contributed by atoms with E-state index in [0.717, 1.165) is 40.5 Å². The SMILES string of the molecule is CCN1CN(C2CCC(C(N(CC(F)F)C(=O)O)C(C)(C)C)CC2)c2c(cnc3c2ccn3COCC[Si](C)(C)C)C1=O. The Kier molecular flexibility index (Phi) is 10.1. The van der Waals surface area contributed by atoms with Crippen LogP contribution in [0.4, 0.5) is 19.3 Å². The van der Waals surface area contributed by atoms with Crippen LogP contribution in [0.25, 0.3) is 11.0 Å². The van der Waals surface area contributed by atoms with Gasteiger partial charge in [-0.1, -0.05) is 40.4 Å². The number of carbonyl (C=O) groups excluding carboxylic acids is 1. The number of fused-ring (bicyclic) bond motifs is 3. The Morgan fingerprint density at radius 1 is 1.21 bits per heavy atom. The van der Waals surface area contributed by atoms with Crippen molar-refractivity contribution in [3.8, 4) is 0 Å². The van der Waals surface area contributed by atoms with E-state index < -0.39 is 38.6 Å². The molecule has 3 heterocycles. The zero-order valence-corrected chi connectivity index (χ0v) is 27.8. The van der Waals surface area contributed by atoms with Crippen molar-refractivity contribution in [2.75, 3.05) is 31.3 Å². The molecule has 1 unspecified atom stereocenters. The van der Waals surface area contributed by atoms with Crippen molar-refractivity contribution in [3.05, 3.63) is 24.0 Å². The highest BCUT2D eigenvalue weighted by atomic mass is 28.3. The highest BCUT2D eigenvalue weighted by Gasteiger charge is 2.43. The van der Waals surface area contributed by atoms with Crippen LogP contribution in [0.2, 0.25) is 25.7 Å². The number of nitrogens with zero attached hydrogens (tertiary/aromatic N) is 5. The minimum absolute atomic E-state index is 0.0344. The number of pyridine rings is 1. The number of anilines is 1. The third-order valence-corrected chi connectivity index (χ3v) is 10.6. The molecule has 2 aromatic rings. The molecular formula is C31H49F2N5O4Si. The predicted octanol–water partition coefficient (Wildman–Crippen LogP) is 6.81. The van der Waals surface area contributed by atoms with E-state index in [4.69, 9.17) is 9.72 Å². The summed E-state index contributed by atoms with van der Waals surface area (Å²) in [4.78, 5) is 35.3. The normalized spacial score (nSPS) is 20.6. The maximum atomic E-state index is 13.4. The number of ether oxygens (including phenoxy) is 1. The van der Waals surface area contributed by atoms with Gasteiger partial charge in [0.05, 0.1) is 24.5 Å². The summed E-state index contributed by atoms with van der Waals surface area (Å²) in [7, 11) is -1.20. The summed E-state index contributed by atoms with van der Waals surface area (Å²) in [6.07, 6.45) is 2.60. The van der Waals surface area contributed by atoms with E-state index in [1.165, 1.54) is 0 Å². The average Bonchev–Trinajstić information content (AvgIpc) is 3.33.